The molecule has 1 amide bonds. The van der Waals surface area contributed by atoms with Gasteiger partial charge in [0.15, 0.2) is 0 Å². The van der Waals surface area contributed by atoms with E-state index < -0.39 is 0 Å². The number of halogens is 1. The Morgan fingerprint density at radius 1 is 1.27 bits per heavy atom. The summed E-state index contributed by atoms with van der Waals surface area (Å²) in [6.07, 6.45) is 8.03. The van der Waals surface area contributed by atoms with Crippen LogP contribution in [0.1, 0.15) is 43.5 Å². The first kappa shape index (κ1) is 23.0. The smallest absolute Gasteiger partial charge is 0.223 e. The monoisotopic (exact) mass is 445 g/mol. The zero-order valence-electron chi connectivity index (χ0n) is 19.7. The van der Waals surface area contributed by atoms with Crippen LogP contribution in [0.25, 0.3) is 16.6 Å². The van der Waals surface area contributed by atoms with Gasteiger partial charge in [-0.25, -0.2) is 9.37 Å². The van der Waals surface area contributed by atoms with Crippen LogP contribution >= 0.6 is 0 Å². The molecule has 1 aliphatic heterocycles. The minimum atomic E-state index is -0.201. The summed E-state index contributed by atoms with van der Waals surface area (Å²) in [6, 6.07) is 11.5. The lowest BCUT2D eigenvalue weighted by molar-refractivity contribution is -0.131. The maximum atomic E-state index is 13.5. The van der Waals surface area contributed by atoms with Gasteiger partial charge in [0.1, 0.15) is 5.82 Å². The summed E-state index contributed by atoms with van der Waals surface area (Å²) in [5, 5.41) is 0. The summed E-state index contributed by atoms with van der Waals surface area (Å²) in [5.41, 5.74) is 5.68. The largest absolute Gasteiger partial charge is 0.346 e. The highest BCUT2D eigenvalue weighted by Gasteiger charge is 2.32. The number of hydrogen-bond donors (Lipinski definition) is 0. The van der Waals surface area contributed by atoms with Crippen molar-refractivity contribution < 1.29 is 9.18 Å². The van der Waals surface area contributed by atoms with Crippen molar-refractivity contribution in [3.63, 3.8) is 0 Å². The first-order valence-corrected chi connectivity index (χ1v) is 11.7. The topological polar surface area (TPSA) is 38.1 Å². The Labute approximate surface area is 195 Å². The van der Waals surface area contributed by atoms with Crippen molar-refractivity contribution in [1.82, 2.24) is 14.5 Å². The van der Waals surface area contributed by atoms with Crippen LogP contribution in [0.4, 0.5) is 4.39 Å². The lowest BCUT2D eigenvalue weighted by atomic mass is 10.1. The van der Waals surface area contributed by atoms with Gasteiger partial charge in [0.05, 0.1) is 16.7 Å². The predicted octanol–water partition coefficient (Wildman–Crippen LogP) is 5.94. The zero-order chi connectivity index (χ0) is 23.5. The van der Waals surface area contributed by atoms with E-state index >= 15 is 0 Å². The third-order valence-electron chi connectivity index (χ3n) is 6.74. The third-order valence-corrected chi connectivity index (χ3v) is 6.74. The average Bonchev–Trinajstić information content (AvgIpc) is 3.38. The first-order chi connectivity index (χ1) is 15.9. The fourth-order valence-corrected chi connectivity index (χ4v) is 4.92. The Bertz CT molecular complexity index is 1210. The highest BCUT2D eigenvalue weighted by molar-refractivity contribution is 5.81. The molecule has 1 aromatic carbocycles. The molecule has 2 unspecified atom stereocenters. The maximum Gasteiger partial charge on any atom is 0.223 e. The lowest BCUT2D eigenvalue weighted by Crippen LogP contribution is -2.34. The van der Waals surface area contributed by atoms with Crippen molar-refractivity contribution in [3.05, 3.63) is 84.0 Å². The molecule has 4 rings (SSSR count). The molecule has 2 aromatic heterocycles. The summed E-state index contributed by atoms with van der Waals surface area (Å²) < 4.78 is 15.7. The van der Waals surface area contributed by atoms with E-state index in [9.17, 15) is 9.18 Å². The molecule has 0 radical (unpaired) electrons. The van der Waals surface area contributed by atoms with Gasteiger partial charge in [-0.1, -0.05) is 30.9 Å². The van der Waals surface area contributed by atoms with Crippen LogP contribution in [-0.4, -0.2) is 32.9 Å². The Morgan fingerprint density at radius 2 is 2.09 bits per heavy atom. The molecule has 0 aliphatic carbocycles. The first-order valence-electron chi connectivity index (χ1n) is 11.7. The predicted molar refractivity (Wildman–Crippen MR) is 132 cm³/mol. The second-order valence-corrected chi connectivity index (χ2v) is 9.10. The van der Waals surface area contributed by atoms with Crippen LogP contribution in [0.15, 0.2) is 61.3 Å². The molecular formula is C28H32FN3O. The highest BCUT2D eigenvalue weighted by Crippen LogP contribution is 2.28. The highest BCUT2D eigenvalue weighted by atomic mass is 19.1. The molecule has 0 N–H and O–H groups in total. The maximum absolute atomic E-state index is 13.5. The van der Waals surface area contributed by atoms with Gasteiger partial charge in [-0.3, -0.25) is 4.79 Å². The summed E-state index contributed by atoms with van der Waals surface area (Å²) >= 11 is 0. The van der Waals surface area contributed by atoms with Crippen LogP contribution in [0.3, 0.4) is 0 Å². The Morgan fingerprint density at radius 3 is 2.82 bits per heavy atom. The number of carbonyl (C=O) groups is 1. The number of aryl methyl sites for hydroxylation is 2. The molecule has 2 atom stereocenters. The molecule has 0 bridgehead atoms. The SMILES string of the molecule is C=C/C(=C\C)c1ccc2c(ccn2CC2CC(C)N(C(=O)CCc3ccc(F)c(C)c3)C2)n1. The van der Waals surface area contributed by atoms with Gasteiger partial charge in [-0.15, -0.1) is 0 Å². The van der Waals surface area contributed by atoms with Crippen LogP contribution in [0.2, 0.25) is 0 Å². The number of pyridine rings is 1. The van der Waals surface area contributed by atoms with Crippen molar-refractivity contribution in [3.8, 4) is 0 Å². The minimum Gasteiger partial charge on any atom is -0.346 e. The standard InChI is InChI=1S/C28H32FN3O/c1-5-23(6-2)25-10-11-27-26(30-25)13-14-31(27)17-22-16-20(4)32(18-22)28(33)12-8-21-7-9-24(29)19(3)15-21/h5-7,9-11,13-15,20,22H,1,8,12,16-18H2,2-4H3/b23-6+. The number of likely N-dealkylation sites (tertiary alicyclic amines) is 1. The van der Waals surface area contributed by atoms with Crippen LogP contribution < -0.4 is 0 Å². The molecular weight excluding hydrogens is 413 g/mol. The number of benzene rings is 1. The van der Waals surface area contributed by atoms with Crippen molar-refractivity contribution in [2.45, 2.75) is 52.6 Å². The molecule has 0 spiro atoms. The Hall–Kier alpha value is -3.21. The second-order valence-electron chi connectivity index (χ2n) is 9.10. The van der Waals surface area contributed by atoms with E-state index in [1.54, 1.807) is 13.0 Å². The number of carbonyl (C=O) groups excluding carboxylic acids is 1. The lowest BCUT2D eigenvalue weighted by Gasteiger charge is -2.21. The van der Waals surface area contributed by atoms with Crippen LogP contribution in [-0.2, 0) is 17.8 Å². The Kier molecular flexibility index (Phi) is 6.77. The number of amides is 1. The number of nitrogens with zero attached hydrogens (tertiary/aromatic N) is 3. The minimum absolute atomic E-state index is 0.180. The molecule has 5 heteroatoms. The van der Waals surface area contributed by atoms with Gasteiger partial charge in [-0.05, 0) is 80.5 Å². The van der Waals surface area contributed by atoms with E-state index in [1.165, 1.54) is 6.07 Å². The normalized spacial score (nSPS) is 18.8. The molecule has 1 saturated heterocycles. The summed E-state index contributed by atoms with van der Waals surface area (Å²) in [6.45, 7) is 11.4. The number of rotatable bonds is 7. The summed E-state index contributed by atoms with van der Waals surface area (Å²) in [5.74, 6) is 0.388. The molecule has 1 aliphatic rings. The number of aromatic nitrogens is 2. The van der Waals surface area contributed by atoms with Gasteiger partial charge < -0.3 is 9.47 Å². The number of hydrogen-bond acceptors (Lipinski definition) is 2. The van der Waals surface area contributed by atoms with E-state index in [-0.39, 0.29) is 17.8 Å². The van der Waals surface area contributed by atoms with Gasteiger partial charge in [0.2, 0.25) is 5.91 Å². The van der Waals surface area contributed by atoms with Crippen molar-refractivity contribution in [2.24, 2.45) is 5.92 Å². The molecule has 33 heavy (non-hydrogen) atoms. The van der Waals surface area contributed by atoms with E-state index in [4.69, 9.17) is 4.98 Å². The summed E-state index contributed by atoms with van der Waals surface area (Å²) in [4.78, 5) is 19.7. The van der Waals surface area contributed by atoms with E-state index in [0.717, 1.165) is 47.4 Å². The summed E-state index contributed by atoms with van der Waals surface area (Å²) in [7, 11) is 0. The van der Waals surface area contributed by atoms with Crippen LogP contribution in [0.5, 0.6) is 0 Å². The fourth-order valence-electron chi connectivity index (χ4n) is 4.92. The molecule has 172 valence electrons. The van der Waals surface area contributed by atoms with Crippen molar-refractivity contribution in [1.29, 1.82) is 0 Å². The quantitative estimate of drug-likeness (QED) is 0.422. The Balaban J connectivity index is 1.39. The van der Waals surface area contributed by atoms with E-state index in [1.807, 2.05) is 36.1 Å². The molecule has 3 aromatic rings. The third kappa shape index (κ3) is 4.92. The van der Waals surface area contributed by atoms with Gasteiger partial charge in [0.25, 0.3) is 0 Å². The van der Waals surface area contributed by atoms with Crippen molar-refractivity contribution in [2.75, 3.05) is 6.54 Å². The molecule has 4 nitrogen and oxygen atoms in total. The molecule has 3 heterocycles. The van der Waals surface area contributed by atoms with E-state index in [0.29, 0.717) is 24.3 Å². The fraction of sp³-hybridized carbons (Fsp3) is 0.357. The molecule has 0 saturated carbocycles. The van der Waals surface area contributed by atoms with Gasteiger partial charge in [-0.2, -0.15) is 0 Å². The van der Waals surface area contributed by atoms with E-state index in [2.05, 4.69) is 36.4 Å². The second kappa shape index (κ2) is 9.74. The van der Waals surface area contributed by atoms with Crippen molar-refractivity contribution >= 4 is 22.5 Å². The van der Waals surface area contributed by atoms with Gasteiger partial charge >= 0.3 is 0 Å². The number of fused-ring (bicyclic) bond motifs is 1. The molecule has 1 fully saturated rings. The number of allylic oxidation sites excluding steroid dienone is 3. The van der Waals surface area contributed by atoms with Crippen LogP contribution in [0, 0.1) is 18.7 Å². The zero-order valence-corrected chi connectivity index (χ0v) is 19.7. The average molecular weight is 446 g/mol. The van der Waals surface area contributed by atoms with Gasteiger partial charge in [0, 0.05) is 31.7 Å².